The molecule has 0 unspecified atom stereocenters. The molecule has 1 aliphatic carbocycles. The number of aryl methyl sites for hydroxylation is 2. The Hall–Kier alpha value is -2.41. The van der Waals surface area contributed by atoms with E-state index in [9.17, 15) is 4.79 Å². The molecule has 7 nitrogen and oxygen atoms in total. The van der Waals surface area contributed by atoms with Gasteiger partial charge >= 0.3 is 0 Å². The highest BCUT2D eigenvalue weighted by Gasteiger charge is 2.39. The van der Waals surface area contributed by atoms with Gasteiger partial charge in [-0.25, -0.2) is 0 Å². The summed E-state index contributed by atoms with van der Waals surface area (Å²) < 4.78 is 11.3. The van der Waals surface area contributed by atoms with E-state index in [4.69, 9.17) is 15.0 Å². The Bertz CT molecular complexity index is 843. The molecule has 1 amide bonds. The summed E-state index contributed by atoms with van der Waals surface area (Å²) in [7, 11) is 0. The predicted molar refractivity (Wildman–Crippen MR) is 105 cm³/mol. The second kappa shape index (κ2) is 7.54. The van der Waals surface area contributed by atoms with E-state index in [1.807, 2.05) is 30.9 Å². The van der Waals surface area contributed by atoms with Crippen LogP contribution in [0.5, 0.6) is 5.75 Å². The highest BCUT2D eigenvalue weighted by molar-refractivity contribution is 5.78. The monoisotopic (exact) mass is 384 g/mol. The van der Waals surface area contributed by atoms with Gasteiger partial charge in [-0.2, -0.15) is 4.98 Å². The third-order valence-electron chi connectivity index (χ3n) is 5.87. The molecule has 2 aromatic rings. The lowest BCUT2D eigenvalue weighted by Gasteiger charge is -2.34. The van der Waals surface area contributed by atoms with Gasteiger partial charge in [-0.3, -0.25) is 4.79 Å². The fourth-order valence-corrected chi connectivity index (χ4v) is 3.99. The van der Waals surface area contributed by atoms with Crippen LogP contribution in [0.25, 0.3) is 11.5 Å². The number of nitrogens with two attached hydrogens (primary N) is 1. The number of aromatic nitrogens is 2. The molecule has 2 heterocycles. The van der Waals surface area contributed by atoms with Gasteiger partial charge in [0.05, 0.1) is 5.54 Å². The minimum Gasteiger partial charge on any atom is -0.483 e. The first kappa shape index (κ1) is 18.9. The van der Waals surface area contributed by atoms with Gasteiger partial charge in [-0.15, -0.1) is 0 Å². The summed E-state index contributed by atoms with van der Waals surface area (Å²) in [6, 6.07) is 3.91. The highest BCUT2D eigenvalue weighted by Crippen LogP contribution is 2.38. The molecule has 0 atom stereocenters. The Balaban J connectivity index is 1.46. The summed E-state index contributed by atoms with van der Waals surface area (Å²) >= 11 is 0. The molecule has 1 saturated carbocycles. The molecule has 2 fully saturated rings. The minimum atomic E-state index is -0.441. The Kier molecular flexibility index (Phi) is 5.10. The van der Waals surface area contributed by atoms with E-state index in [1.54, 1.807) is 0 Å². The van der Waals surface area contributed by atoms with E-state index in [0.717, 1.165) is 67.6 Å². The van der Waals surface area contributed by atoms with Crippen LogP contribution in [-0.2, 0) is 10.3 Å². The number of rotatable bonds is 5. The van der Waals surface area contributed by atoms with Crippen LogP contribution < -0.4 is 10.5 Å². The van der Waals surface area contributed by atoms with Crippen molar-refractivity contribution in [2.75, 3.05) is 19.7 Å². The van der Waals surface area contributed by atoms with Crippen LogP contribution in [0, 0.1) is 13.8 Å². The Morgan fingerprint density at radius 1 is 1.18 bits per heavy atom. The van der Waals surface area contributed by atoms with Crippen molar-refractivity contribution in [2.45, 2.75) is 57.9 Å². The van der Waals surface area contributed by atoms with Gasteiger partial charge in [-0.05, 0) is 75.6 Å². The van der Waals surface area contributed by atoms with Crippen LogP contribution in [0.4, 0.5) is 0 Å². The van der Waals surface area contributed by atoms with Gasteiger partial charge in [0.1, 0.15) is 5.75 Å². The number of carbonyl (C=O) groups is 1. The number of hydrogen-bond acceptors (Lipinski definition) is 6. The zero-order valence-corrected chi connectivity index (χ0v) is 16.7. The van der Waals surface area contributed by atoms with Gasteiger partial charge in [0, 0.05) is 18.7 Å². The molecular formula is C21H28N4O3. The lowest BCUT2D eigenvalue weighted by Crippen LogP contribution is -2.44. The van der Waals surface area contributed by atoms with Crippen molar-refractivity contribution < 1.29 is 14.1 Å². The Morgan fingerprint density at radius 2 is 1.86 bits per heavy atom. The van der Waals surface area contributed by atoms with Crippen molar-refractivity contribution in [3.8, 4) is 17.2 Å². The summed E-state index contributed by atoms with van der Waals surface area (Å²) in [4.78, 5) is 18.8. The number of ether oxygens (including phenoxy) is 1. The molecule has 1 aromatic carbocycles. The van der Waals surface area contributed by atoms with Crippen molar-refractivity contribution in [1.82, 2.24) is 15.0 Å². The van der Waals surface area contributed by atoms with Gasteiger partial charge in [-0.1, -0.05) is 5.16 Å². The van der Waals surface area contributed by atoms with Crippen LogP contribution in [0.2, 0.25) is 0 Å². The Labute approximate surface area is 165 Å². The third kappa shape index (κ3) is 3.63. The van der Waals surface area contributed by atoms with Gasteiger partial charge in [0.2, 0.25) is 0 Å². The largest absolute Gasteiger partial charge is 0.483 e. The first-order valence-corrected chi connectivity index (χ1v) is 10.1. The molecule has 28 heavy (non-hydrogen) atoms. The average molecular weight is 384 g/mol. The fourth-order valence-electron chi connectivity index (χ4n) is 3.99. The average Bonchev–Trinajstić information content (AvgIpc) is 3.16. The van der Waals surface area contributed by atoms with E-state index in [-0.39, 0.29) is 12.5 Å². The zero-order chi connectivity index (χ0) is 19.7. The number of amides is 1. The molecule has 1 saturated heterocycles. The first-order valence-electron chi connectivity index (χ1n) is 10.1. The number of benzene rings is 1. The lowest BCUT2D eigenvalue weighted by atomic mass is 9.77. The summed E-state index contributed by atoms with van der Waals surface area (Å²) in [5.74, 6) is 1.84. The number of nitrogens with zero attached hydrogens (tertiary/aromatic N) is 3. The summed E-state index contributed by atoms with van der Waals surface area (Å²) in [6.45, 7) is 5.67. The maximum atomic E-state index is 12.4. The minimum absolute atomic E-state index is 0.0536. The molecule has 1 aliphatic heterocycles. The Morgan fingerprint density at radius 3 is 2.46 bits per heavy atom. The molecule has 2 N–H and O–H groups in total. The third-order valence-corrected chi connectivity index (χ3v) is 5.87. The summed E-state index contributed by atoms with van der Waals surface area (Å²) in [6.07, 6.45) is 6.24. The molecule has 150 valence electrons. The van der Waals surface area contributed by atoms with Crippen molar-refractivity contribution >= 4 is 5.91 Å². The van der Waals surface area contributed by atoms with E-state index >= 15 is 0 Å². The van der Waals surface area contributed by atoms with Crippen LogP contribution in [0.1, 0.15) is 55.5 Å². The topological polar surface area (TPSA) is 94.5 Å². The molecule has 4 rings (SSSR count). The van der Waals surface area contributed by atoms with E-state index in [0.29, 0.717) is 11.7 Å². The zero-order valence-electron chi connectivity index (χ0n) is 16.7. The number of piperidine rings is 1. The maximum Gasteiger partial charge on any atom is 0.260 e. The van der Waals surface area contributed by atoms with Crippen LogP contribution >= 0.6 is 0 Å². The molecule has 0 bridgehead atoms. The van der Waals surface area contributed by atoms with E-state index < -0.39 is 5.54 Å². The maximum absolute atomic E-state index is 12.4. The number of carbonyl (C=O) groups excluding carboxylic acids is 1. The number of likely N-dealkylation sites (tertiary alicyclic amines) is 1. The van der Waals surface area contributed by atoms with Crippen LogP contribution in [-0.4, -0.2) is 40.6 Å². The van der Waals surface area contributed by atoms with Crippen molar-refractivity contribution in [2.24, 2.45) is 5.73 Å². The smallest absolute Gasteiger partial charge is 0.260 e. The van der Waals surface area contributed by atoms with Gasteiger partial charge < -0.3 is 19.9 Å². The molecule has 1 aromatic heterocycles. The number of hydrogen-bond donors (Lipinski definition) is 1. The molecule has 0 radical (unpaired) electrons. The summed E-state index contributed by atoms with van der Waals surface area (Å²) in [5.41, 5.74) is 8.56. The highest BCUT2D eigenvalue weighted by atomic mass is 16.5. The van der Waals surface area contributed by atoms with Crippen LogP contribution in [0.15, 0.2) is 16.7 Å². The van der Waals surface area contributed by atoms with E-state index in [2.05, 4.69) is 10.1 Å². The predicted octanol–water partition coefficient (Wildman–Crippen LogP) is 3.08. The molecule has 2 aliphatic rings. The van der Waals surface area contributed by atoms with Gasteiger partial charge in [0.25, 0.3) is 11.8 Å². The van der Waals surface area contributed by atoms with E-state index in [1.165, 1.54) is 6.42 Å². The normalized spacial score (nSPS) is 18.6. The second-order valence-corrected chi connectivity index (χ2v) is 8.10. The van der Waals surface area contributed by atoms with Crippen molar-refractivity contribution in [3.63, 3.8) is 0 Å². The fraction of sp³-hybridized carbons (Fsp3) is 0.571. The first-order chi connectivity index (χ1) is 13.5. The molecular weight excluding hydrogens is 356 g/mol. The molecule has 0 spiro atoms. The summed E-state index contributed by atoms with van der Waals surface area (Å²) in [5, 5.41) is 4.09. The van der Waals surface area contributed by atoms with Crippen molar-refractivity contribution in [1.29, 1.82) is 0 Å². The van der Waals surface area contributed by atoms with Crippen molar-refractivity contribution in [3.05, 3.63) is 29.1 Å². The van der Waals surface area contributed by atoms with Crippen LogP contribution in [0.3, 0.4) is 0 Å². The standard InChI is InChI=1S/C21H28N4O3/c1-14-11-16(19-23-20(24-28-19)21(22)7-6-8-21)12-15(2)18(14)27-13-17(26)25-9-4-3-5-10-25/h11-12H,3-10,13,22H2,1-2H3. The molecule has 7 heteroatoms. The SMILES string of the molecule is Cc1cc(-c2nc(C3(N)CCC3)no2)cc(C)c1OCC(=O)N1CCCCC1. The van der Waals surface area contributed by atoms with Gasteiger partial charge in [0.15, 0.2) is 12.4 Å². The lowest BCUT2D eigenvalue weighted by molar-refractivity contribution is -0.134. The second-order valence-electron chi connectivity index (χ2n) is 8.10. The quantitative estimate of drug-likeness (QED) is 0.851.